The molecule has 1 saturated carbocycles. The number of alkyl halides is 3. The molecule has 0 atom stereocenters. The van der Waals surface area contributed by atoms with Gasteiger partial charge in [-0.3, -0.25) is 4.79 Å². The molecule has 0 aromatic carbocycles. The third-order valence-corrected chi connectivity index (χ3v) is 4.56. The van der Waals surface area contributed by atoms with Gasteiger partial charge in [0.2, 0.25) is 0 Å². The number of carboxylic acid groups (broad SMARTS) is 1. The smallest absolute Gasteiger partial charge is 0.425 e. The molecule has 2 rings (SSSR count). The molecule has 1 heterocycles. The highest BCUT2D eigenvalue weighted by Crippen LogP contribution is 2.46. The lowest BCUT2D eigenvalue weighted by molar-refractivity contribution is -0.143. The van der Waals surface area contributed by atoms with Gasteiger partial charge in [-0.1, -0.05) is 12.8 Å². The molecule has 0 bridgehead atoms. The van der Waals surface area contributed by atoms with Crippen LogP contribution >= 0.6 is 11.3 Å². The normalized spacial score (nSPS) is 19.5. The number of thiophene rings is 1. The summed E-state index contributed by atoms with van der Waals surface area (Å²) in [7, 11) is 0. The van der Waals surface area contributed by atoms with Crippen LogP contribution < -0.4 is 0 Å². The summed E-state index contributed by atoms with van der Waals surface area (Å²) >= 11 is 0.558. The van der Waals surface area contributed by atoms with Crippen molar-refractivity contribution >= 4 is 17.3 Å². The Morgan fingerprint density at radius 1 is 1.29 bits per heavy atom. The predicted octanol–water partition coefficient (Wildman–Crippen LogP) is 3.66. The van der Waals surface area contributed by atoms with Gasteiger partial charge in [0.15, 0.2) is 0 Å². The summed E-state index contributed by atoms with van der Waals surface area (Å²) in [6, 6.07) is 2.29. The zero-order chi connectivity index (χ0) is 12.7. The van der Waals surface area contributed by atoms with Crippen LogP contribution in [-0.2, 0) is 16.4 Å². The Kier molecular flexibility index (Phi) is 2.93. The molecular formula is C11H11F3O2S. The molecule has 1 fully saturated rings. The zero-order valence-electron chi connectivity index (χ0n) is 8.88. The maximum Gasteiger partial charge on any atom is 0.425 e. The van der Waals surface area contributed by atoms with E-state index in [1.807, 2.05) is 0 Å². The number of carbonyl (C=O) groups is 1. The van der Waals surface area contributed by atoms with Crippen molar-refractivity contribution in [1.82, 2.24) is 0 Å². The summed E-state index contributed by atoms with van der Waals surface area (Å²) in [4.78, 5) is 10.9. The van der Waals surface area contributed by atoms with E-state index < -0.39 is 22.4 Å². The number of hydrogen-bond donors (Lipinski definition) is 1. The number of carboxylic acids is 1. The Bertz CT molecular complexity index is 430. The van der Waals surface area contributed by atoms with Crippen molar-refractivity contribution in [2.75, 3.05) is 0 Å². The molecule has 0 spiro atoms. The lowest BCUT2D eigenvalue weighted by Gasteiger charge is -2.21. The lowest BCUT2D eigenvalue weighted by Crippen LogP contribution is -2.31. The molecule has 6 heteroatoms. The predicted molar refractivity (Wildman–Crippen MR) is 57.1 cm³/mol. The van der Waals surface area contributed by atoms with Crippen molar-refractivity contribution in [1.29, 1.82) is 0 Å². The molecule has 17 heavy (non-hydrogen) atoms. The summed E-state index contributed by atoms with van der Waals surface area (Å²) in [6.07, 6.45) is -2.02. The van der Waals surface area contributed by atoms with Crippen molar-refractivity contribution in [2.24, 2.45) is 0 Å². The van der Waals surface area contributed by atoms with Crippen LogP contribution in [0.5, 0.6) is 0 Å². The molecule has 1 aromatic rings. The summed E-state index contributed by atoms with van der Waals surface area (Å²) in [5.74, 6) is -1.01. The second-order valence-corrected chi connectivity index (χ2v) is 5.34. The minimum atomic E-state index is -4.39. The molecule has 1 aromatic heterocycles. The molecular weight excluding hydrogens is 253 g/mol. The van der Waals surface area contributed by atoms with Crippen LogP contribution in [0.15, 0.2) is 12.1 Å². The number of aliphatic carboxylic acids is 1. The van der Waals surface area contributed by atoms with Gasteiger partial charge in [0.25, 0.3) is 0 Å². The minimum Gasteiger partial charge on any atom is -0.481 e. The minimum absolute atomic E-state index is 0.329. The van der Waals surface area contributed by atoms with Crippen molar-refractivity contribution in [2.45, 2.75) is 37.3 Å². The lowest BCUT2D eigenvalue weighted by atomic mass is 9.85. The van der Waals surface area contributed by atoms with Crippen LogP contribution in [0.4, 0.5) is 13.2 Å². The SMILES string of the molecule is O=C(O)C1(c2ccc(C(F)(F)F)s2)CCCC1. The fourth-order valence-electron chi connectivity index (χ4n) is 2.29. The van der Waals surface area contributed by atoms with Crippen LogP contribution in [0.1, 0.15) is 35.4 Å². The monoisotopic (exact) mass is 264 g/mol. The highest BCUT2D eigenvalue weighted by Gasteiger charge is 2.45. The molecule has 1 aliphatic rings. The fourth-order valence-corrected chi connectivity index (χ4v) is 3.40. The van der Waals surface area contributed by atoms with Gasteiger partial charge in [-0.25, -0.2) is 0 Å². The van der Waals surface area contributed by atoms with Crippen LogP contribution in [0.2, 0.25) is 0 Å². The van der Waals surface area contributed by atoms with Gasteiger partial charge in [0.1, 0.15) is 10.3 Å². The molecule has 0 saturated heterocycles. The van der Waals surface area contributed by atoms with Gasteiger partial charge in [-0.05, 0) is 25.0 Å². The number of halogens is 3. The third-order valence-electron chi connectivity index (χ3n) is 3.22. The fraction of sp³-hybridized carbons (Fsp3) is 0.545. The average Bonchev–Trinajstić information content (AvgIpc) is 2.86. The highest BCUT2D eigenvalue weighted by atomic mass is 32.1. The Labute approximate surface area is 100 Å². The first-order valence-electron chi connectivity index (χ1n) is 5.27. The summed E-state index contributed by atoms with van der Waals surface area (Å²) in [6.45, 7) is 0. The van der Waals surface area contributed by atoms with E-state index in [2.05, 4.69) is 0 Å². The Hall–Kier alpha value is -1.04. The first-order chi connectivity index (χ1) is 7.86. The van der Waals surface area contributed by atoms with E-state index in [0.29, 0.717) is 29.1 Å². The summed E-state index contributed by atoms with van der Waals surface area (Å²) in [5.41, 5.74) is -1.09. The zero-order valence-corrected chi connectivity index (χ0v) is 9.70. The van der Waals surface area contributed by atoms with E-state index in [1.54, 1.807) is 0 Å². The van der Waals surface area contributed by atoms with Crippen molar-refractivity contribution in [3.8, 4) is 0 Å². The molecule has 1 aliphatic carbocycles. The van der Waals surface area contributed by atoms with E-state index in [0.717, 1.165) is 18.9 Å². The summed E-state index contributed by atoms with van der Waals surface area (Å²) in [5, 5.41) is 9.25. The highest BCUT2D eigenvalue weighted by molar-refractivity contribution is 7.12. The van der Waals surface area contributed by atoms with Crippen molar-refractivity contribution in [3.63, 3.8) is 0 Å². The first kappa shape index (κ1) is 12.4. The maximum absolute atomic E-state index is 12.5. The molecule has 0 radical (unpaired) electrons. The number of hydrogen-bond acceptors (Lipinski definition) is 2. The maximum atomic E-state index is 12.5. The van der Waals surface area contributed by atoms with Gasteiger partial charge < -0.3 is 5.11 Å². The molecule has 94 valence electrons. The van der Waals surface area contributed by atoms with Crippen LogP contribution in [0.25, 0.3) is 0 Å². The van der Waals surface area contributed by atoms with Gasteiger partial charge >= 0.3 is 12.1 Å². The first-order valence-corrected chi connectivity index (χ1v) is 6.09. The van der Waals surface area contributed by atoms with E-state index in [-0.39, 0.29) is 0 Å². The largest absolute Gasteiger partial charge is 0.481 e. The average molecular weight is 264 g/mol. The summed E-state index contributed by atoms with van der Waals surface area (Å²) < 4.78 is 37.4. The van der Waals surface area contributed by atoms with Crippen LogP contribution in [-0.4, -0.2) is 11.1 Å². The van der Waals surface area contributed by atoms with E-state index >= 15 is 0 Å². The quantitative estimate of drug-likeness (QED) is 0.885. The Morgan fingerprint density at radius 2 is 1.88 bits per heavy atom. The molecule has 0 amide bonds. The third kappa shape index (κ3) is 2.06. The molecule has 2 nitrogen and oxygen atoms in total. The van der Waals surface area contributed by atoms with E-state index in [4.69, 9.17) is 0 Å². The van der Waals surface area contributed by atoms with E-state index in [9.17, 15) is 23.1 Å². The van der Waals surface area contributed by atoms with Crippen LogP contribution in [0, 0.1) is 0 Å². The van der Waals surface area contributed by atoms with Gasteiger partial charge in [0, 0.05) is 4.88 Å². The Balaban J connectivity index is 2.39. The van der Waals surface area contributed by atoms with Crippen LogP contribution in [0.3, 0.4) is 0 Å². The van der Waals surface area contributed by atoms with E-state index in [1.165, 1.54) is 6.07 Å². The van der Waals surface area contributed by atoms with Gasteiger partial charge in [-0.15, -0.1) is 11.3 Å². The van der Waals surface area contributed by atoms with Gasteiger partial charge in [0.05, 0.1) is 0 Å². The second-order valence-electron chi connectivity index (χ2n) is 4.26. The van der Waals surface area contributed by atoms with Gasteiger partial charge in [-0.2, -0.15) is 13.2 Å². The van der Waals surface area contributed by atoms with Crippen molar-refractivity contribution in [3.05, 3.63) is 21.9 Å². The molecule has 0 aliphatic heterocycles. The Morgan fingerprint density at radius 3 is 2.29 bits per heavy atom. The standard InChI is InChI=1S/C11H11F3O2S/c12-11(13,14)8-4-3-7(17-8)10(9(15)16)5-1-2-6-10/h3-4H,1-2,5-6H2,(H,15,16). The molecule has 0 unspecified atom stereocenters. The number of rotatable bonds is 2. The second kappa shape index (κ2) is 4.01. The topological polar surface area (TPSA) is 37.3 Å². The molecule has 1 N–H and O–H groups in total. The van der Waals surface area contributed by atoms with Crippen molar-refractivity contribution < 1.29 is 23.1 Å².